The van der Waals surface area contributed by atoms with Gasteiger partial charge in [-0.05, 0) is 49.2 Å². The van der Waals surface area contributed by atoms with Gasteiger partial charge >= 0.3 is 0 Å². The molecule has 0 saturated carbocycles. The van der Waals surface area contributed by atoms with Crippen LogP contribution in [0.3, 0.4) is 0 Å². The average Bonchev–Trinajstić information content (AvgIpc) is 2.43. The molecule has 0 saturated heterocycles. The van der Waals surface area contributed by atoms with Gasteiger partial charge in [0.2, 0.25) is 0 Å². The number of nitrogens with one attached hydrogen (secondary N) is 1. The van der Waals surface area contributed by atoms with Crippen LogP contribution in [0.15, 0.2) is 36.5 Å². The maximum Gasteiger partial charge on any atom is 0.153 e. The number of nitrogen functional groups attached to an aromatic ring is 1. The zero-order valence-corrected chi connectivity index (χ0v) is 11.3. The maximum absolute atomic E-state index is 5.98. The Morgan fingerprint density at radius 1 is 1.21 bits per heavy atom. The zero-order chi connectivity index (χ0) is 13.7. The van der Waals surface area contributed by atoms with Crippen LogP contribution in [-0.2, 0) is 0 Å². The SMILES string of the molecule is CCCOc1ccc(Nc2nccc(C)c2N)cc1. The Balaban J connectivity index is 2.09. The normalized spacial score (nSPS) is 10.2. The van der Waals surface area contributed by atoms with Crippen LogP contribution in [0.25, 0.3) is 0 Å². The van der Waals surface area contributed by atoms with Gasteiger partial charge in [-0.1, -0.05) is 6.92 Å². The van der Waals surface area contributed by atoms with Crippen molar-refractivity contribution in [2.45, 2.75) is 20.3 Å². The summed E-state index contributed by atoms with van der Waals surface area (Å²) in [6, 6.07) is 9.67. The highest BCUT2D eigenvalue weighted by Gasteiger charge is 2.03. The van der Waals surface area contributed by atoms with Crippen molar-refractivity contribution in [3.05, 3.63) is 42.1 Å². The van der Waals surface area contributed by atoms with Gasteiger partial charge in [-0.25, -0.2) is 4.98 Å². The number of rotatable bonds is 5. The number of nitrogens with two attached hydrogens (primary N) is 1. The van der Waals surface area contributed by atoms with Gasteiger partial charge in [0.1, 0.15) is 5.75 Å². The van der Waals surface area contributed by atoms with Crippen molar-refractivity contribution < 1.29 is 4.74 Å². The van der Waals surface area contributed by atoms with E-state index < -0.39 is 0 Å². The van der Waals surface area contributed by atoms with E-state index >= 15 is 0 Å². The molecular formula is C15H19N3O. The van der Waals surface area contributed by atoms with E-state index in [2.05, 4.69) is 17.2 Å². The van der Waals surface area contributed by atoms with Crippen molar-refractivity contribution in [2.75, 3.05) is 17.7 Å². The minimum absolute atomic E-state index is 0.675. The van der Waals surface area contributed by atoms with Crippen molar-refractivity contribution in [3.63, 3.8) is 0 Å². The molecule has 100 valence electrons. The number of anilines is 3. The molecule has 4 nitrogen and oxygen atoms in total. The molecule has 3 N–H and O–H groups in total. The third-order valence-corrected chi connectivity index (χ3v) is 2.80. The number of aryl methyl sites for hydroxylation is 1. The highest BCUT2D eigenvalue weighted by Crippen LogP contribution is 2.24. The largest absolute Gasteiger partial charge is 0.494 e. The molecule has 0 aliphatic carbocycles. The van der Waals surface area contributed by atoms with Gasteiger partial charge < -0.3 is 15.8 Å². The quantitative estimate of drug-likeness (QED) is 0.860. The molecule has 2 aromatic rings. The number of hydrogen-bond acceptors (Lipinski definition) is 4. The van der Waals surface area contributed by atoms with Crippen molar-refractivity contribution in [2.24, 2.45) is 0 Å². The van der Waals surface area contributed by atoms with Crippen LogP contribution >= 0.6 is 0 Å². The van der Waals surface area contributed by atoms with Crippen LogP contribution in [0.5, 0.6) is 5.75 Å². The summed E-state index contributed by atoms with van der Waals surface area (Å²) in [6.07, 6.45) is 2.75. The number of nitrogens with zero attached hydrogens (tertiary/aromatic N) is 1. The van der Waals surface area contributed by atoms with E-state index in [4.69, 9.17) is 10.5 Å². The zero-order valence-electron chi connectivity index (χ0n) is 11.3. The molecule has 0 bridgehead atoms. The lowest BCUT2D eigenvalue weighted by molar-refractivity contribution is 0.317. The van der Waals surface area contributed by atoms with Gasteiger partial charge in [-0.2, -0.15) is 0 Å². The van der Waals surface area contributed by atoms with Crippen LogP contribution < -0.4 is 15.8 Å². The van der Waals surface area contributed by atoms with Crippen LogP contribution in [-0.4, -0.2) is 11.6 Å². The van der Waals surface area contributed by atoms with Crippen LogP contribution in [0.1, 0.15) is 18.9 Å². The van der Waals surface area contributed by atoms with E-state index in [1.54, 1.807) is 6.20 Å². The lowest BCUT2D eigenvalue weighted by atomic mass is 10.2. The molecule has 1 aromatic carbocycles. The van der Waals surface area contributed by atoms with Crippen LogP contribution in [0.4, 0.5) is 17.2 Å². The Morgan fingerprint density at radius 3 is 2.63 bits per heavy atom. The van der Waals surface area contributed by atoms with Gasteiger partial charge in [0.25, 0.3) is 0 Å². The number of ether oxygens (including phenoxy) is 1. The summed E-state index contributed by atoms with van der Waals surface area (Å²) < 4.78 is 5.54. The fourth-order valence-electron chi connectivity index (χ4n) is 1.66. The first-order valence-corrected chi connectivity index (χ1v) is 6.41. The lowest BCUT2D eigenvalue weighted by Crippen LogP contribution is -2.01. The molecule has 0 radical (unpaired) electrons. The highest BCUT2D eigenvalue weighted by atomic mass is 16.5. The number of benzene rings is 1. The summed E-state index contributed by atoms with van der Waals surface area (Å²) in [5.74, 6) is 1.56. The van der Waals surface area contributed by atoms with E-state index in [1.807, 2.05) is 37.3 Å². The van der Waals surface area contributed by atoms with Gasteiger partial charge in [0.05, 0.1) is 12.3 Å². The van der Waals surface area contributed by atoms with Crippen molar-refractivity contribution in [1.82, 2.24) is 4.98 Å². The summed E-state index contributed by atoms with van der Waals surface area (Å²) in [7, 11) is 0. The minimum atomic E-state index is 0.675. The lowest BCUT2D eigenvalue weighted by Gasteiger charge is -2.10. The topological polar surface area (TPSA) is 60.2 Å². The molecule has 1 heterocycles. The Hall–Kier alpha value is -2.23. The predicted molar refractivity (Wildman–Crippen MR) is 78.9 cm³/mol. The molecule has 0 unspecified atom stereocenters. The molecule has 0 aliphatic rings. The first-order valence-electron chi connectivity index (χ1n) is 6.41. The monoisotopic (exact) mass is 257 g/mol. The smallest absolute Gasteiger partial charge is 0.153 e. The molecule has 0 fully saturated rings. The Kier molecular flexibility index (Phi) is 4.23. The fourth-order valence-corrected chi connectivity index (χ4v) is 1.66. The van der Waals surface area contributed by atoms with Crippen molar-refractivity contribution in [1.29, 1.82) is 0 Å². The molecule has 0 amide bonds. The maximum atomic E-state index is 5.98. The molecular weight excluding hydrogens is 238 g/mol. The molecule has 4 heteroatoms. The third kappa shape index (κ3) is 3.37. The number of aromatic nitrogens is 1. The first kappa shape index (κ1) is 13.2. The molecule has 1 aromatic heterocycles. The molecule has 0 aliphatic heterocycles. The molecule has 0 spiro atoms. The van der Waals surface area contributed by atoms with Gasteiger partial charge in [-0.15, -0.1) is 0 Å². The van der Waals surface area contributed by atoms with Gasteiger partial charge in [0.15, 0.2) is 5.82 Å². The Bertz CT molecular complexity index is 538. The number of pyridine rings is 1. The van der Waals surface area contributed by atoms with E-state index in [1.165, 1.54) is 0 Å². The van der Waals surface area contributed by atoms with E-state index in [9.17, 15) is 0 Å². The number of hydrogen-bond donors (Lipinski definition) is 2. The van der Waals surface area contributed by atoms with Gasteiger partial charge in [0, 0.05) is 11.9 Å². The van der Waals surface area contributed by atoms with Crippen molar-refractivity contribution >= 4 is 17.2 Å². The highest BCUT2D eigenvalue weighted by molar-refractivity contribution is 5.71. The van der Waals surface area contributed by atoms with E-state index in [0.29, 0.717) is 11.5 Å². The predicted octanol–water partition coefficient (Wildman–Crippen LogP) is 3.50. The Morgan fingerprint density at radius 2 is 1.95 bits per heavy atom. The summed E-state index contributed by atoms with van der Waals surface area (Å²) >= 11 is 0. The fraction of sp³-hybridized carbons (Fsp3) is 0.267. The molecule has 19 heavy (non-hydrogen) atoms. The van der Waals surface area contributed by atoms with Crippen LogP contribution in [0, 0.1) is 6.92 Å². The van der Waals surface area contributed by atoms with Crippen molar-refractivity contribution in [3.8, 4) is 5.75 Å². The van der Waals surface area contributed by atoms with E-state index in [-0.39, 0.29) is 0 Å². The second kappa shape index (κ2) is 6.09. The summed E-state index contributed by atoms with van der Waals surface area (Å²) in [5.41, 5.74) is 8.60. The van der Waals surface area contributed by atoms with Gasteiger partial charge in [-0.3, -0.25) is 0 Å². The van der Waals surface area contributed by atoms with Crippen LogP contribution in [0.2, 0.25) is 0 Å². The average molecular weight is 257 g/mol. The summed E-state index contributed by atoms with van der Waals surface area (Å²) in [4.78, 5) is 4.24. The molecule has 0 atom stereocenters. The minimum Gasteiger partial charge on any atom is -0.494 e. The first-order chi connectivity index (χ1) is 9.20. The second-order valence-corrected chi connectivity index (χ2v) is 4.39. The third-order valence-electron chi connectivity index (χ3n) is 2.80. The second-order valence-electron chi connectivity index (χ2n) is 4.39. The van der Waals surface area contributed by atoms with E-state index in [0.717, 1.165) is 30.0 Å². The molecule has 2 rings (SSSR count). The standard InChI is InChI=1S/C15H19N3O/c1-3-10-19-13-6-4-12(5-7-13)18-15-14(16)11(2)8-9-17-15/h4-9H,3,10,16H2,1-2H3,(H,17,18). The summed E-state index contributed by atoms with van der Waals surface area (Å²) in [5, 5.41) is 3.20. The summed E-state index contributed by atoms with van der Waals surface area (Å²) in [6.45, 7) is 4.78. The Labute approximate surface area is 113 Å².